The van der Waals surface area contributed by atoms with Gasteiger partial charge >= 0.3 is 0 Å². The molecule has 0 aromatic heterocycles. The van der Waals surface area contributed by atoms with Crippen LogP contribution < -0.4 is 0 Å². The first kappa shape index (κ1) is 8.51. The second-order valence-corrected chi connectivity index (χ2v) is 4.02. The number of allylic oxidation sites excluding steroid dienone is 2. The van der Waals surface area contributed by atoms with Crippen LogP contribution in [-0.4, -0.2) is 6.29 Å². The predicted molar refractivity (Wildman–Crippen MR) is 46.4 cm³/mol. The van der Waals surface area contributed by atoms with Crippen LogP contribution in [0.4, 0.5) is 0 Å². The van der Waals surface area contributed by atoms with Crippen LogP contribution in [0.1, 0.15) is 39.5 Å². The molecule has 0 bridgehead atoms. The van der Waals surface area contributed by atoms with Gasteiger partial charge in [-0.15, -0.1) is 0 Å². The summed E-state index contributed by atoms with van der Waals surface area (Å²) in [7, 11) is 0. The third kappa shape index (κ3) is 2.49. The third-order valence-electron chi connectivity index (χ3n) is 2.26. The summed E-state index contributed by atoms with van der Waals surface area (Å²) in [5.74, 6) is 0. The minimum Gasteiger partial charge on any atom is -0.303 e. The van der Waals surface area contributed by atoms with Crippen LogP contribution in [-0.2, 0) is 4.79 Å². The van der Waals surface area contributed by atoms with E-state index in [-0.39, 0.29) is 0 Å². The molecule has 0 saturated heterocycles. The monoisotopic (exact) mass is 152 g/mol. The first-order valence-electron chi connectivity index (χ1n) is 4.28. The topological polar surface area (TPSA) is 17.1 Å². The highest BCUT2D eigenvalue weighted by molar-refractivity contribution is 5.54. The average molecular weight is 152 g/mol. The summed E-state index contributed by atoms with van der Waals surface area (Å²) >= 11 is 0. The summed E-state index contributed by atoms with van der Waals surface area (Å²) in [5.41, 5.74) is 1.66. The molecule has 0 spiro atoms. The van der Waals surface area contributed by atoms with Crippen molar-refractivity contribution in [2.24, 2.45) is 5.41 Å². The van der Waals surface area contributed by atoms with Crippen molar-refractivity contribution in [3.63, 3.8) is 0 Å². The van der Waals surface area contributed by atoms with Crippen LogP contribution in [0.25, 0.3) is 0 Å². The summed E-state index contributed by atoms with van der Waals surface area (Å²) in [6, 6.07) is 0. The first-order chi connectivity index (χ1) is 5.14. The van der Waals surface area contributed by atoms with E-state index in [1.807, 2.05) is 0 Å². The number of carbonyl (C=O) groups is 1. The number of aldehydes is 1. The number of hydrogen-bond acceptors (Lipinski definition) is 1. The lowest BCUT2D eigenvalue weighted by molar-refractivity contribution is -0.107. The number of hydrogen-bond donors (Lipinski definition) is 0. The lowest BCUT2D eigenvalue weighted by Crippen LogP contribution is -2.13. The Morgan fingerprint density at radius 1 is 1.64 bits per heavy atom. The minimum atomic E-state index is 0.330. The summed E-state index contributed by atoms with van der Waals surface area (Å²) in [5, 5.41) is 0. The molecule has 0 amide bonds. The summed E-state index contributed by atoms with van der Waals surface area (Å²) in [6.07, 6.45) is 7.55. The minimum absolute atomic E-state index is 0.330. The van der Waals surface area contributed by atoms with Gasteiger partial charge in [-0.3, -0.25) is 0 Å². The number of rotatable bonds is 2. The molecule has 1 nitrogen and oxygen atoms in total. The molecule has 0 radical (unpaired) electrons. The van der Waals surface area contributed by atoms with Gasteiger partial charge in [0.25, 0.3) is 0 Å². The molecule has 62 valence electrons. The number of carbonyl (C=O) groups excluding carboxylic acids is 1. The van der Waals surface area contributed by atoms with Crippen molar-refractivity contribution in [1.29, 1.82) is 0 Å². The van der Waals surface area contributed by atoms with E-state index >= 15 is 0 Å². The Kier molecular flexibility index (Phi) is 2.48. The van der Waals surface area contributed by atoms with Gasteiger partial charge in [-0.2, -0.15) is 0 Å². The van der Waals surface area contributed by atoms with Crippen molar-refractivity contribution in [3.8, 4) is 0 Å². The largest absolute Gasteiger partial charge is 0.303 e. The fourth-order valence-electron chi connectivity index (χ4n) is 1.74. The van der Waals surface area contributed by atoms with Gasteiger partial charge in [0.2, 0.25) is 0 Å². The smallest absolute Gasteiger partial charge is 0.124 e. The van der Waals surface area contributed by atoms with E-state index in [0.717, 1.165) is 12.7 Å². The van der Waals surface area contributed by atoms with Crippen LogP contribution in [0, 0.1) is 5.41 Å². The van der Waals surface area contributed by atoms with Gasteiger partial charge in [-0.1, -0.05) is 25.5 Å². The Bertz CT molecular complexity index is 177. The molecule has 11 heavy (non-hydrogen) atoms. The summed E-state index contributed by atoms with van der Waals surface area (Å²) in [4.78, 5) is 10.2. The molecule has 0 saturated carbocycles. The summed E-state index contributed by atoms with van der Waals surface area (Å²) in [6.45, 7) is 4.47. The molecular formula is C10H16O. The lowest BCUT2D eigenvalue weighted by atomic mass is 9.79. The maximum absolute atomic E-state index is 10.2. The molecule has 0 aromatic carbocycles. The molecule has 0 aliphatic heterocycles. The van der Waals surface area contributed by atoms with Crippen molar-refractivity contribution in [2.75, 3.05) is 0 Å². The Morgan fingerprint density at radius 2 is 2.36 bits per heavy atom. The molecule has 1 rings (SSSR count). The highest BCUT2D eigenvalue weighted by Crippen LogP contribution is 2.33. The highest BCUT2D eigenvalue weighted by atomic mass is 16.1. The van der Waals surface area contributed by atoms with Gasteiger partial charge in [0.15, 0.2) is 0 Å². The average Bonchev–Trinajstić information content (AvgIpc) is 1.85. The zero-order valence-electron chi connectivity index (χ0n) is 7.39. The van der Waals surface area contributed by atoms with Crippen molar-refractivity contribution in [2.45, 2.75) is 39.5 Å². The van der Waals surface area contributed by atoms with E-state index in [2.05, 4.69) is 19.9 Å². The predicted octanol–water partition coefficient (Wildman–Crippen LogP) is 2.71. The Morgan fingerprint density at radius 3 is 2.91 bits per heavy atom. The van der Waals surface area contributed by atoms with E-state index < -0.39 is 0 Å². The SMILES string of the molecule is CC1(C)C=C(CC=O)CCC1. The van der Waals surface area contributed by atoms with Gasteiger partial charge in [0.05, 0.1) is 0 Å². The third-order valence-corrected chi connectivity index (χ3v) is 2.26. The lowest BCUT2D eigenvalue weighted by Gasteiger charge is -2.26. The fourth-order valence-corrected chi connectivity index (χ4v) is 1.74. The molecule has 0 heterocycles. The first-order valence-corrected chi connectivity index (χ1v) is 4.28. The molecule has 1 aliphatic carbocycles. The second-order valence-electron chi connectivity index (χ2n) is 4.02. The zero-order chi connectivity index (χ0) is 8.32. The van der Waals surface area contributed by atoms with Crippen molar-refractivity contribution in [3.05, 3.63) is 11.6 Å². The molecule has 1 aliphatic rings. The van der Waals surface area contributed by atoms with Crippen LogP contribution in [0.15, 0.2) is 11.6 Å². The quantitative estimate of drug-likeness (QED) is 0.439. The van der Waals surface area contributed by atoms with E-state index in [4.69, 9.17) is 0 Å². The second kappa shape index (κ2) is 3.21. The van der Waals surface area contributed by atoms with Gasteiger partial charge < -0.3 is 4.79 Å². The molecule has 0 atom stereocenters. The van der Waals surface area contributed by atoms with E-state index in [0.29, 0.717) is 11.8 Å². The van der Waals surface area contributed by atoms with Gasteiger partial charge in [-0.05, 0) is 24.7 Å². The van der Waals surface area contributed by atoms with Gasteiger partial charge in [0, 0.05) is 6.42 Å². The Labute approximate surface area is 68.5 Å². The van der Waals surface area contributed by atoms with Crippen LogP contribution >= 0.6 is 0 Å². The fraction of sp³-hybridized carbons (Fsp3) is 0.700. The molecular weight excluding hydrogens is 136 g/mol. The van der Waals surface area contributed by atoms with E-state index in [1.54, 1.807) is 0 Å². The molecule has 0 unspecified atom stereocenters. The van der Waals surface area contributed by atoms with Crippen molar-refractivity contribution < 1.29 is 4.79 Å². The molecule has 0 fully saturated rings. The van der Waals surface area contributed by atoms with Crippen molar-refractivity contribution >= 4 is 6.29 Å². The van der Waals surface area contributed by atoms with Gasteiger partial charge in [0.1, 0.15) is 6.29 Å². The highest BCUT2D eigenvalue weighted by Gasteiger charge is 2.19. The molecule has 0 aromatic rings. The zero-order valence-corrected chi connectivity index (χ0v) is 7.39. The van der Waals surface area contributed by atoms with Crippen LogP contribution in [0.2, 0.25) is 0 Å². The van der Waals surface area contributed by atoms with E-state index in [1.165, 1.54) is 18.4 Å². The Balaban J connectivity index is 2.64. The normalized spacial score (nSPS) is 22.5. The Hall–Kier alpha value is -0.590. The van der Waals surface area contributed by atoms with Crippen molar-refractivity contribution in [1.82, 2.24) is 0 Å². The molecule has 0 N–H and O–H groups in total. The van der Waals surface area contributed by atoms with Crippen LogP contribution in [0.3, 0.4) is 0 Å². The maximum Gasteiger partial charge on any atom is 0.124 e. The van der Waals surface area contributed by atoms with Crippen LogP contribution in [0.5, 0.6) is 0 Å². The van der Waals surface area contributed by atoms with E-state index in [9.17, 15) is 4.79 Å². The molecule has 1 heteroatoms. The van der Waals surface area contributed by atoms with Gasteiger partial charge in [-0.25, -0.2) is 0 Å². The standard InChI is InChI=1S/C10H16O/c1-10(2)6-3-4-9(8-10)5-7-11/h7-8H,3-6H2,1-2H3. The maximum atomic E-state index is 10.2. The summed E-state index contributed by atoms with van der Waals surface area (Å²) < 4.78 is 0.